The fraction of sp³-hybridized carbons (Fsp3) is 0.120. The molecule has 0 aliphatic carbocycles. The Kier molecular flexibility index (Phi) is 6.87. The molecule has 0 atom stereocenters. The van der Waals surface area contributed by atoms with E-state index in [0.717, 1.165) is 4.57 Å². The van der Waals surface area contributed by atoms with E-state index in [4.69, 9.17) is 44.3 Å². The Balaban J connectivity index is 1.54. The summed E-state index contributed by atoms with van der Waals surface area (Å²) in [5, 5.41) is 0.789. The summed E-state index contributed by atoms with van der Waals surface area (Å²) in [6, 6.07) is 12.0. The van der Waals surface area contributed by atoms with Crippen LogP contribution in [0.2, 0.25) is 15.1 Å². The van der Waals surface area contributed by atoms with Crippen LogP contribution < -0.4 is 20.7 Å². The molecule has 38 heavy (non-hydrogen) atoms. The SMILES string of the molecule is Cn1c(=O)c2c(nc(Oc3ccc(Oc4ncc(Cl)cc4Cl)cc3)n2Cc2ccc(F)cc2Cl)n(C)c1=O. The molecule has 0 unspecified atom stereocenters. The smallest absolute Gasteiger partial charge is 0.332 e. The third-order valence-corrected chi connectivity index (χ3v) is 6.51. The van der Waals surface area contributed by atoms with Gasteiger partial charge in [-0.2, -0.15) is 4.98 Å². The van der Waals surface area contributed by atoms with Gasteiger partial charge in [0.1, 0.15) is 22.3 Å². The van der Waals surface area contributed by atoms with Gasteiger partial charge in [0, 0.05) is 25.3 Å². The maximum atomic E-state index is 13.6. The Hall–Kier alpha value is -3.86. The average molecular weight is 577 g/mol. The Morgan fingerprint density at radius 2 is 1.58 bits per heavy atom. The normalized spacial score (nSPS) is 11.2. The summed E-state index contributed by atoms with van der Waals surface area (Å²) < 4.78 is 29.0. The van der Waals surface area contributed by atoms with Crippen LogP contribution in [0.4, 0.5) is 4.39 Å². The number of hydrogen-bond acceptors (Lipinski definition) is 6. The van der Waals surface area contributed by atoms with Crippen LogP contribution >= 0.6 is 34.8 Å². The summed E-state index contributed by atoms with van der Waals surface area (Å²) in [6.07, 6.45) is 1.41. The van der Waals surface area contributed by atoms with E-state index in [2.05, 4.69) is 9.97 Å². The molecule has 0 amide bonds. The molecule has 0 bridgehead atoms. The van der Waals surface area contributed by atoms with Crippen LogP contribution in [0.1, 0.15) is 5.56 Å². The molecule has 0 aliphatic rings. The number of aromatic nitrogens is 5. The van der Waals surface area contributed by atoms with Crippen molar-refractivity contribution in [1.82, 2.24) is 23.7 Å². The van der Waals surface area contributed by atoms with Crippen LogP contribution in [0.15, 0.2) is 64.3 Å². The Morgan fingerprint density at radius 3 is 2.24 bits per heavy atom. The highest BCUT2D eigenvalue weighted by Gasteiger charge is 2.22. The van der Waals surface area contributed by atoms with E-state index in [-0.39, 0.29) is 39.6 Å². The number of nitrogens with zero attached hydrogens (tertiary/aromatic N) is 5. The molecule has 0 saturated carbocycles. The molecular weight excluding hydrogens is 560 g/mol. The third-order valence-electron chi connectivity index (χ3n) is 5.68. The van der Waals surface area contributed by atoms with Gasteiger partial charge >= 0.3 is 11.7 Å². The highest BCUT2D eigenvalue weighted by atomic mass is 35.5. The van der Waals surface area contributed by atoms with E-state index >= 15 is 0 Å². The minimum Gasteiger partial charge on any atom is -0.438 e. The van der Waals surface area contributed by atoms with Crippen molar-refractivity contribution in [3.63, 3.8) is 0 Å². The lowest BCUT2D eigenvalue weighted by atomic mass is 10.2. The fourth-order valence-corrected chi connectivity index (χ4v) is 4.39. The van der Waals surface area contributed by atoms with Gasteiger partial charge in [0.05, 0.1) is 11.6 Å². The van der Waals surface area contributed by atoms with Crippen molar-refractivity contribution in [2.75, 3.05) is 0 Å². The molecule has 5 rings (SSSR count). The molecule has 3 heterocycles. The van der Waals surface area contributed by atoms with E-state index in [1.54, 1.807) is 24.3 Å². The quantitative estimate of drug-likeness (QED) is 0.263. The van der Waals surface area contributed by atoms with Crippen molar-refractivity contribution >= 4 is 46.0 Å². The summed E-state index contributed by atoms with van der Waals surface area (Å²) >= 11 is 18.2. The van der Waals surface area contributed by atoms with Crippen LogP contribution in [0.3, 0.4) is 0 Å². The molecule has 9 nitrogen and oxygen atoms in total. The van der Waals surface area contributed by atoms with Gasteiger partial charge in [-0.05, 0) is 48.0 Å². The van der Waals surface area contributed by atoms with Gasteiger partial charge in [0.2, 0.25) is 5.88 Å². The van der Waals surface area contributed by atoms with Crippen LogP contribution in [-0.2, 0) is 20.6 Å². The van der Waals surface area contributed by atoms with Crippen molar-refractivity contribution < 1.29 is 13.9 Å². The van der Waals surface area contributed by atoms with Crippen molar-refractivity contribution in [3.05, 3.63) is 102 Å². The Morgan fingerprint density at radius 1 is 0.895 bits per heavy atom. The predicted octanol–water partition coefficient (Wildman–Crippen LogP) is 5.56. The standard InChI is InChI=1S/C25H17Cl3FN5O4/c1-32-21-20(23(35)33(2)25(32)36)34(12-13-3-4-15(29)10-18(13)27)24(31-21)38-17-7-5-16(6-8-17)37-22-19(28)9-14(26)11-30-22/h3-11H,12H2,1-2H3. The first-order chi connectivity index (χ1) is 18.1. The highest BCUT2D eigenvalue weighted by Crippen LogP contribution is 2.32. The monoisotopic (exact) mass is 575 g/mol. The molecule has 5 aromatic rings. The lowest BCUT2D eigenvalue weighted by molar-refractivity contribution is 0.418. The second kappa shape index (κ2) is 10.1. The van der Waals surface area contributed by atoms with Crippen LogP contribution in [0.25, 0.3) is 11.2 Å². The van der Waals surface area contributed by atoms with Gasteiger partial charge in [-0.15, -0.1) is 0 Å². The molecule has 3 aromatic heterocycles. The second-order valence-corrected chi connectivity index (χ2v) is 9.46. The molecule has 0 spiro atoms. The number of imidazole rings is 1. The van der Waals surface area contributed by atoms with Crippen molar-refractivity contribution in [2.45, 2.75) is 6.54 Å². The van der Waals surface area contributed by atoms with Crippen molar-refractivity contribution in [2.24, 2.45) is 14.1 Å². The van der Waals surface area contributed by atoms with Crippen LogP contribution in [0, 0.1) is 5.82 Å². The number of ether oxygens (including phenoxy) is 2. The minimum atomic E-state index is -0.570. The zero-order valence-corrected chi connectivity index (χ0v) is 22.1. The topological polar surface area (TPSA) is 93.2 Å². The first-order valence-corrected chi connectivity index (χ1v) is 12.1. The van der Waals surface area contributed by atoms with Gasteiger partial charge in [0.25, 0.3) is 5.56 Å². The van der Waals surface area contributed by atoms with Gasteiger partial charge in [0.15, 0.2) is 11.2 Å². The number of benzene rings is 2. The molecular formula is C25H17Cl3FN5O4. The summed E-state index contributed by atoms with van der Waals surface area (Å²) in [5.41, 5.74) is -0.360. The average Bonchev–Trinajstić information content (AvgIpc) is 3.23. The van der Waals surface area contributed by atoms with Gasteiger partial charge in [-0.3, -0.25) is 18.5 Å². The molecule has 0 fully saturated rings. The van der Waals surface area contributed by atoms with Crippen LogP contribution in [0.5, 0.6) is 23.4 Å². The number of aryl methyl sites for hydroxylation is 1. The molecule has 0 aliphatic heterocycles. The zero-order chi connectivity index (χ0) is 27.1. The number of pyridine rings is 1. The zero-order valence-electron chi connectivity index (χ0n) is 19.8. The molecule has 0 saturated heterocycles. The largest absolute Gasteiger partial charge is 0.438 e. The minimum absolute atomic E-state index is 0.0229. The molecule has 0 radical (unpaired) electrons. The van der Waals surface area contributed by atoms with Crippen molar-refractivity contribution in [1.29, 1.82) is 0 Å². The van der Waals surface area contributed by atoms with Crippen LogP contribution in [-0.4, -0.2) is 23.7 Å². The van der Waals surface area contributed by atoms with E-state index in [0.29, 0.717) is 22.1 Å². The van der Waals surface area contributed by atoms with E-state index < -0.39 is 17.1 Å². The van der Waals surface area contributed by atoms with E-state index in [1.807, 2.05) is 0 Å². The second-order valence-electron chi connectivity index (χ2n) is 8.21. The van der Waals surface area contributed by atoms with Gasteiger partial charge in [-0.25, -0.2) is 14.2 Å². The highest BCUT2D eigenvalue weighted by molar-refractivity contribution is 6.35. The van der Waals surface area contributed by atoms with Gasteiger partial charge < -0.3 is 9.47 Å². The molecule has 194 valence electrons. The summed E-state index contributed by atoms with van der Waals surface area (Å²) in [7, 11) is 2.87. The van der Waals surface area contributed by atoms with Crippen molar-refractivity contribution in [3.8, 4) is 23.4 Å². The maximum Gasteiger partial charge on any atom is 0.332 e. The summed E-state index contributed by atoms with van der Waals surface area (Å²) in [5.74, 6) is 0.467. The number of rotatable bonds is 6. The number of hydrogen-bond donors (Lipinski definition) is 0. The van der Waals surface area contributed by atoms with E-state index in [1.165, 1.54) is 53.7 Å². The molecule has 13 heteroatoms. The first-order valence-electron chi connectivity index (χ1n) is 11.0. The lowest BCUT2D eigenvalue weighted by Gasteiger charge is -2.12. The first kappa shape index (κ1) is 25.8. The lowest BCUT2D eigenvalue weighted by Crippen LogP contribution is -2.37. The van der Waals surface area contributed by atoms with E-state index in [9.17, 15) is 14.0 Å². The summed E-state index contributed by atoms with van der Waals surface area (Å²) in [4.78, 5) is 34.1. The van der Waals surface area contributed by atoms with Gasteiger partial charge in [-0.1, -0.05) is 40.9 Å². The number of fused-ring (bicyclic) bond motifs is 1. The fourth-order valence-electron chi connectivity index (χ4n) is 3.74. The maximum absolute atomic E-state index is 13.6. The summed E-state index contributed by atoms with van der Waals surface area (Å²) in [6.45, 7) is 0.0281. The Bertz CT molecular complexity index is 1820. The third kappa shape index (κ3) is 4.85. The predicted molar refractivity (Wildman–Crippen MR) is 142 cm³/mol. The Labute approximate surface area is 229 Å². The number of halogens is 4. The molecule has 2 aromatic carbocycles. The molecule has 0 N–H and O–H groups in total.